The van der Waals surface area contributed by atoms with Crippen LogP contribution < -0.4 is 9.47 Å². The number of rotatable bonds is 0. The van der Waals surface area contributed by atoms with Crippen molar-refractivity contribution in [2.45, 2.75) is 0 Å². The minimum atomic E-state index is -0.229. The van der Waals surface area contributed by atoms with Crippen LogP contribution in [0.2, 0.25) is 0 Å². The van der Waals surface area contributed by atoms with E-state index >= 15 is 0 Å². The maximum Gasteiger partial charge on any atom is 0.173 e. The Morgan fingerprint density at radius 2 is 1.25 bits per heavy atom. The average Bonchev–Trinajstić information content (AvgIpc) is 2.07. The molecule has 12 heavy (non-hydrogen) atoms. The number of hydrogen-bond donors (Lipinski definition) is 2. The molecule has 0 atom stereocenters. The van der Waals surface area contributed by atoms with Crippen molar-refractivity contribution in [2.24, 2.45) is 0 Å². The fourth-order valence-electron chi connectivity index (χ4n) is 0.925. The second-order valence-corrected chi connectivity index (χ2v) is 2.30. The van der Waals surface area contributed by atoms with Gasteiger partial charge in [0.1, 0.15) is 12.5 Å². The lowest BCUT2D eigenvalue weighted by Gasteiger charge is -2.12. The fraction of sp³-hybridized carbons (Fsp3) is 0. The highest BCUT2D eigenvalue weighted by Crippen LogP contribution is 2.39. The molecule has 1 aromatic rings. The van der Waals surface area contributed by atoms with Crippen LogP contribution in [0.25, 0.3) is 0 Å². The van der Waals surface area contributed by atoms with Crippen molar-refractivity contribution in [1.82, 2.24) is 0 Å². The van der Waals surface area contributed by atoms with Crippen molar-refractivity contribution in [1.29, 1.82) is 0 Å². The summed E-state index contributed by atoms with van der Waals surface area (Å²) in [5, 5.41) is 18.1. The molecule has 4 nitrogen and oxygen atoms in total. The first-order valence-corrected chi connectivity index (χ1v) is 3.31. The molecule has 1 aliphatic rings. The number of phenols is 2. The highest BCUT2D eigenvalue weighted by Gasteiger charge is 2.12. The van der Waals surface area contributed by atoms with Gasteiger partial charge in [-0.1, -0.05) is 0 Å². The number of fused-ring (bicyclic) bond motifs is 1. The van der Waals surface area contributed by atoms with Crippen LogP contribution in [0.15, 0.2) is 24.7 Å². The van der Waals surface area contributed by atoms with Crippen LogP contribution in [0.3, 0.4) is 0 Å². The van der Waals surface area contributed by atoms with Crippen molar-refractivity contribution >= 4 is 0 Å². The molecule has 0 radical (unpaired) electrons. The molecule has 0 unspecified atom stereocenters. The molecule has 1 heterocycles. The Labute approximate surface area is 68.3 Å². The van der Waals surface area contributed by atoms with E-state index < -0.39 is 0 Å². The summed E-state index contributed by atoms with van der Waals surface area (Å²) in [5.41, 5.74) is 0. The van der Waals surface area contributed by atoms with Gasteiger partial charge in [0.15, 0.2) is 23.0 Å². The predicted molar refractivity (Wildman–Crippen MR) is 40.2 cm³/mol. The third kappa shape index (κ3) is 0.934. The maximum atomic E-state index is 9.07. The van der Waals surface area contributed by atoms with Gasteiger partial charge in [0.05, 0.1) is 0 Å². The molecule has 0 fully saturated rings. The van der Waals surface area contributed by atoms with Gasteiger partial charge in [-0.15, -0.1) is 0 Å². The van der Waals surface area contributed by atoms with Gasteiger partial charge in [0, 0.05) is 12.1 Å². The Morgan fingerprint density at radius 3 is 1.67 bits per heavy atom. The SMILES string of the molecule is Oc1cc2c(cc1O)OC=CO2. The van der Waals surface area contributed by atoms with E-state index in [0.29, 0.717) is 11.5 Å². The molecule has 4 heteroatoms. The van der Waals surface area contributed by atoms with Gasteiger partial charge in [0.2, 0.25) is 0 Å². The lowest BCUT2D eigenvalue weighted by atomic mass is 10.2. The Morgan fingerprint density at radius 1 is 0.833 bits per heavy atom. The molecule has 0 saturated heterocycles. The van der Waals surface area contributed by atoms with Gasteiger partial charge in [-0.05, 0) is 0 Å². The van der Waals surface area contributed by atoms with Crippen LogP contribution in [0.5, 0.6) is 23.0 Å². The van der Waals surface area contributed by atoms with E-state index in [1.165, 1.54) is 24.7 Å². The van der Waals surface area contributed by atoms with E-state index in [0.717, 1.165) is 0 Å². The Hall–Kier alpha value is -1.84. The van der Waals surface area contributed by atoms with Crippen molar-refractivity contribution in [3.63, 3.8) is 0 Å². The van der Waals surface area contributed by atoms with Crippen molar-refractivity contribution < 1.29 is 19.7 Å². The first kappa shape index (κ1) is 6.84. The van der Waals surface area contributed by atoms with Crippen LogP contribution in [0.1, 0.15) is 0 Å². The molecule has 0 aromatic heterocycles. The number of hydrogen-bond acceptors (Lipinski definition) is 4. The second-order valence-electron chi connectivity index (χ2n) is 2.30. The van der Waals surface area contributed by atoms with Crippen LogP contribution >= 0.6 is 0 Å². The molecular weight excluding hydrogens is 160 g/mol. The summed E-state index contributed by atoms with van der Waals surface area (Å²) in [7, 11) is 0. The van der Waals surface area contributed by atoms with E-state index in [9.17, 15) is 0 Å². The Balaban J connectivity index is 2.53. The smallest absolute Gasteiger partial charge is 0.173 e. The summed E-state index contributed by atoms with van der Waals surface area (Å²) in [6, 6.07) is 2.57. The van der Waals surface area contributed by atoms with E-state index in [-0.39, 0.29) is 11.5 Å². The number of benzene rings is 1. The van der Waals surface area contributed by atoms with E-state index in [1.807, 2.05) is 0 Å². The largest absolute Gasteiger partial charge is 0.504 e. The molecule has 0 bridgehead atoms. The minimum Gasteiger partial charge on any atom is -0.504 e. The van der Waals surface area contributed by atoms with Crippen molar-refractivity contribution in [3.8, 4) is 23.0 Å². The maximum absolute atomic E-state index is 9.07. The second kappa shape index (κ2) is 2.34. The summed E-state index contributed by atoms with van der Waals surface area (Å²) < 4.78 is 9.97. The monoisotopic (exact) mass is 166 g/mol. The summed E-state index contributed by atoms with van der Waals surface area (Å²) in [6.45, 7) is 0. The molecule has 0 aliphatic carbocycles. The van der Waals surface area contributed by atoms with Crippen molar-refractivity contribution in [3.05, 3.63) is 24.7 Å². The molecule has 62 valence electrons. The number of ether oxygens (including phenoxy) is 2. The predicted octanol–water partition coefficient (Wildman–Crippen LogP) is 1.34. The summed E-state index contributed by atoms with van der Waals surface area (Å²) in [6.07, 6.45) is 2.69. The molecule has 1 aromatic carbocycles. The van der Waals surface area contributed by atoms with Crippen LogP contribution in [-0.2, 0) is 0 Å². The summed E-state index contributed by atoms with van der Waals surface area (Å²) in [4.78, 5) is 0. The van der Waals surface area contributed by atoms with Gasteiger partial charge >= 0.3 is 0 Å². The van der Waals surface area contributed by atoms with Gasteiger partial charge in [-0.3, -0.25) is 0 Å². The average molecular weight is 166 g/mol. The van der Waals surface area contributed by atoms with Gasteiger partial charge in [-0.25, -0.2) is 0 Å². The zero-order valence-electron chi connectivity index (χ0n) is 6.02. The van der Waals surface area contributed by atoms with E-state index in [4.69, 9.17) is 19.7 Å². The quantitative estimate of drug-likeness (QED) is 0.571. The van der Waals surface area contributed by atoms with Crippen LogP contribution in [0.4, 0.5) is 0 Å². The Bertz CT molecular complexity index is 310. The fourth-order valence-corrected chi connectivity index (χ4v) is 0.925. The van der Waals surface area contributed by atoms with Gasteiger partial charge in [-0.2, -0.15) is 0 Å². The Kier molecular flexibility index (Phi) is 1.33. The minimum absolute atomic E-state index is 0.229. The van der Waals surface area contributed by atoms with Gasteiger partial charge in [0.25, 0.3) is 0 Å². The van der Waals surface area contributed by atoms with Crippen LogP contribution in [0, 0.1) is 0 Å². The molecule has 0 saturated carbocycles. The summed E-state index contributed by atoms with van der Waals surface area (Å²) >= 11 is 0. The third-order valence-corrected chi connectivity index (χ3v) is 1.49. The molecule has 1 aliphatic heterocycles. The lowest BCUT2D eigenvalue weighted by molar-refractivity contribution is 0.347. The first-order valence-electron chi connectivity index (χ1n) is 3.31. The highest BCUT2D eigenvalue weighted by atomic mass is 16.5. The number of phenolic OH excluding ortho intramolecular Hbond substituents is 2. The highest BCUT2D eigenvalue weighted by molar-refractivity contribution is 5.53. The third-order valence-electron chi connectivity index (χ3n) is 1.49. The van der Waals surface area contributed by atoms with Gasteiger partial charge < -0.3 is 19.7 Å². The molecule has 0 spiro atoms. The molecule has 2 rings (SSSR count). The van der Waals surface area contributed by atoms with Crippen LogP contribution in [-0.4, -0.2) is 10.2 Å². The first-order chi connectivity index (χ1) is 5.77. The zero-order chi connectivity index (χ0) is 8.55. The molecule has 2 N–H and O–H groups in total. The molecular formula is C8H6O4. The summed E-state index contributed by atoms with van der Waals surface area (Å²) in [5.74, 6) is 0.306. The molecule has 0 amide bonds. The van der Waals surface area contributed by atoms with Crippen molar-refractivity contribution in [2.75, 3.05) is 0 Å². The standard InChI is InChI=1S/C8H6O4/c9-5-3-7-8(4-6(5)10)12-2-1-11-7/h1-4,9-10H. The topological polar surface area (TPSA) is 58.9 Å². The zero-order valence-corrected chi connectivity index (χ0v) is 6.02. The lowest BCUT2D eigenvalue weighted by Crippen LogP contribution is -1.95. The van der Waals surface area contributed by atoms with E-state index in [2.05, 4.69) is 0 Å². The van der Waals surface area contributed by atoms with E-state index in [1.54, 1.807) is 0 Å². The normalized spacial score (nSPS) is 13.0. The number of aromatic hydroxyl groups is 2.